The summed E-state index contributed by atoms with van der Waals surface area (Å²) in [6.45, 7) is 2.81. The summed E-state index contributed by atoms with van der Waals surface area (Å²) in [6, 6.07) is 15.3. The molecule has 0 aliphatic heterocycles. The molecule has 7 heteroatoms. The largest absolute Gasteiger partial charge is 0.492 e. The number of hydrogen-bond acceptors (Lipinski definition) is 6. The van der Waals surface area contributed by atoms with Crippen LogP contribution in [-0.4, -0.2) is 14.9 Å². The van der Waals surface area contributed by atoms with Crippen molar-refractivity contribution < 1.29 is 5.11 Å². The van der Waals surface area contributed by atoms with Gasteiger partial charge in [0, 0.05) is 12.5 Å². The third-order valence-electron chi connectivity index (χ3n) is 5.45. The van der Waals surface area contributed by atoms with Crippen molar-refractivity contribution in [3.8, 4) is 5.88 Å². The summed E-state index contributed by atoms with van der Waals surface area (Å²) >= 11 is 0. The van der Waals surface area contributed by atoms with Crippen LogP contribution in [0, 0.1) is 12.8 Å². The molecule has 0 saturated heterocycles. The van der Waals surface area contributed by atoms with Crippen LogP contribution in [0.1, 0.15) is 42.9 Å². The molecule has 0 amide bonds. The van der Waals surface area contributed by atoms with Crippen LogP contribution in [0.2, 0.25) is 0 Å². The molecule has 0 unspecified atom stereocenters. The third kappa shape index (κ3) is 4.30. The smallest absolute Gasteiger partial charge is 0.238 e. The van der Waals surface area contributed by atoms with Crippen LogP contribution in [0.4, 0.5) is 22.7 Å². The summed E-state index contributed by atoms with van der Waals surface area (Å²) in [4.78, 5) is 0. The Kier molecular flexibility index (Phi) is 4.86. The molecule has 2 aliphatic rings. The molecule has 0 bridgehead atoms. The first-order valence-corrected chi connectivity index (χ1v) is 10.5. The van der Waals surface area contributed by atoms with Gasteiger partial charge in [0.25, 0.3) is 0 Å². The van der Waals surface area contributed by atoms with Crippen LogP contribution in [0.5, 0.6) is 5.88 Å². The van der Waals surface area contributed by atoms with E-state index in [-0.39, 0.29) is 5.88 Å². The van der Waals surface area contributed by atoms with Crippen molar-refractivity contribution >= 4 is 22.7 Å². The second-order valence-corrected chi connectivity index (χ2v) is 8.21. The minimum atomic E-state index is 0.135. The second-order valence-electron chi connectivity index (χ2n) is 8.21. The number of azo groups is 2. The molecule has 2 aliphatic carbocycles. The van der Waals surface area contributed by atoms with Crippen molar-refractivity contribution in [3.05, 3.63) is 59.8 Å². The molecular formula is C23H24N6O. The molecule has 2 saturated carbocycles. The van der Waals surface area contributed by atoms with Gasteiger partial charge in [-0.1, -0.05) is 17.7 Å². The predicted molar refractivity (Wildman–Crippen MR) is 115 cm³/mol. The summed E-state index contributed by atoms with van der Waals surface area (Å²) < 4.78 is 1.70. The predicted octanol–water partition coefficient (Wildman–Crippen LogP) is 7.02. The van der Waals surface area contributed by atoms with E-state index in [0.29, 0.717) is 23.2 Å². The van der Waals surface area contributed by atoms with Gasteiger partial charge in [0.15, 0.2) is 5.69 Å². The summed E-state index contributed by atoms with van der Waals surface area (Å²) in [7, 11) is 0. The zero-order valence-corrected chi connectivity index (χ0v) is 16.9. The van der Waals surface area contributed by atoms with Crippen LogP contribution in [0.3, 0.4) is 0 Å². The Hall–Kier alpha value is -3.35. The van der Waals surface area contributed by atoms with E-state index in [0.717, 1.165) is 36.5 Å². The fraction of sp³-hybridized carbons (Fsp3) is 0.348. The van der Waals surface area contributed by atoms with Gasteiger partial charge >= 0.3 is 0 Å². The zero-order valence-electron chi connectivity index (χ0n) is 16.9. The van der Waals surface area contributed by atoms with Crippen molar-refractivity contribution in [1.29, 1.82) is 0 Å². The van der Waals surface area contributed by atoms with Crippen molar-refractivity contribution in [1.82, 2.24) is 9.78 Å². The zero-order chi connectivity index (χ0) is 20.5. The molecule has 1 aromatic heterocycles. The molecular weight excluding hydrogens is 376 g/mol. The SMILES string of the molecule is Cc1ccc(N=Nc2ccc(N=Nc3c(C4CC4)nn(CC4CC4)c3O)cc2)cc1. The van der Waals surface area contributed by atoms with Crippen molar-refractivity contribution in [2.45, 2.75) is 45.1 Å². The lowest BCUT2D eigenvalue weighted by Gasteiger charge is -2.00. The van der Waals surface area contributed by atoms with E-state index < -0.39 is 0 Å². The van der Waals surface area contributed by atoms with Crippen LogP contribution in [0.15, 0.2) is 69.0 Å². The molecule has 2 fully saturated rings. The molecule has 0 atom stereocenters. The first-order valence-electron chi connectivity index (χ1n) is 10.5. The summed E-state index contributed by atoms with van der Waals surface area (Å²) in [5, 5.41) is 32.4. The molecule has 7 nitrogen and oxygen atoms in total. The molecule has 5 rings (SSSR count). The first kappa shape index (κ1) is 18.7. The van der Waals surface area contributed by atoms with E-state index in [9.17, 15) is 5.11 Å². The Morgan fingerprint density at radius 1 is 0.833 bits per heavy atom. The molecule has 1 N–H and O–H groups in total. The Balaban J connectivity index is 1.31. The van der Waals surface area contributed by atoms with Gasteiger partial charge in [-0.2, -0.15) is 20.4 Å². The standard InChI is InChI=1S/C23H24N6O/c1-15-2-8-18(9-3-15)24-25-19-10-12-20(13-11-19)26-27-22-21(17-6-7-17)28-29(23(22)30)14-16-4-5-16/h2-3,8-13,16-17,30H,4-7,14H2,1H3. The molecule has 0 spiro atoms. The van der Waals surface area contributed by atoms with Gasteiger partial charge in [-0.15, -0.1) is 5.11 Å². The van der Waals surface area contributed by atoms with E-state index in [1.54, 1.807) is 4.68 Å². The minimum absolute atomic E-state index is 0.135. The second kappa shape index (κ2) is 7.82. The fourth-order valence-electron chi connectivity index (χ4n) is 3.28. The van der Waals surface area contributed by atoms with Gasteiger partial charge in [-0.3, -0.25) is 0 Å². The van der Waals surface area contributed by atoms with Gasteiger partial charge in [0.1, 0.15) is 0 Å². The lowest BCUT2D eigenvalue weighted by atomic mass is 10.2. The van der Waals surface area contributed by atoms with Crippen LogP contribution < -0.4 is 0 Å². The Labute approximate surface area is 175 Å². The lowest BCUT2D eigenvalue weighted by Crippen LogP contribution is -2.01. The number of nitrogens with zero attached hydrogens (tertiary/aromatic N) is 6. The monoisotopic (exact) mass is 400 g/mol. The van der Waals surface area contributed by atoms with Gasteiger partial charge in [0.2, 0.25) is 5.88 Å². The molecule has 2 aromatic carbocycles. The highest BCUT2D eigenvalue weighted by molar-refractivity contribution is 5.55. The number of aryl methyl sites for hydroxylation is 1. The summed E-state index contributed by atoms with van der Waals surface area (Å²) in [6.07, 6.45) is 4.62. The van der Waals surface area contributed by atoms with Crippen LogP contribution in [0.25, 0.3) is 0 Å². The summed E-state index contributed by atoms with van der Waals surface area (Å²) in [5.74, 6) is 1.17. The molecule has 1 heterocycles. The number of aromatic nitrogens is 2. The Morgan fingerprint density at radius 2 is 1.37 bits per heavy atom. The van der Waals surface area contributed by atoms with E-state index in [1.165, 1.54) is 18.4 Å². The fourth-order valence-corrected chi connectivity index (χ4v) is 3.28. The normalized spacial score (nSPS) is 16.7. The van der Waals surface area contributed by atoms with Crippen molar-refractivity contribution in [2.24, 2.45) is 26.4 Å². The average molecular weight is 400 g/mol. The maximum absolute atomic E-state index is 10.6. The molecule has 3 aromatic rings. The number of hydrogen-bond donors (Lipinski definition) is 1. The van der Waals surface area contributed by atoms with Crippen molar-refractivity contribution in [2.75, 3.05) is 0 Å². The highest BCUT2D eigenvalue weighted by atomic mass is 16.3. The van der Waals surface area contributed by atoms with E-state index >= 15 is 0 Å². The van der Waals surface area contributed by atoms with E-state index in [4.69, 9.17) is 0 Å². The van der Waals surface area contributed by atoms with E-state index in [2.05, 4.69) is 25.6 Å². The maximum Gasteiger partial charge on any atom is 0.238 e. The van der Waals surface area contributed by atoms with Gasteiger partial charge < -0.3 is 5.11 Å². The van der Waals surface area contributed by atoms with Gasteiger partial charge in [0.05, 0.1) is 22.8 Å². The average Bonchev–Trinajstić information content (AvgIpc) is 3.67. The van der Waals surface area contributed by atoms with Gasteiger partial charge in [-0.05, 0) is 74.9 Å². The maximum atomic E-state index is 10.6. The molecule has 0 radical (unpaired) electrons. The highest BCUT2D eigenvalue weighted by Crippen LogP contribution is 2.47. The minimum Gasteiger partial charge on any atom is -0.492 e. The molecule has 152 valence electrons. The molecule has 30 heavy (non-hydrogen) atoms. The van der Waals surface area contributed by atoms with Crippen LogP contribution in [-0.2, 0) is 6.54 Å². The highest BCUT2D eigenvalue weighted by Gasteiger charge is 2.33. The Morgan fingerprint density at radius 3 is 1.90 bits per heavy atom. The summed E-state index contributed by atoms with van der Waals surface area (Å²) in [5.41, 5.74) is 4.84. The van der Waals surface area contributed by atoms with Crippen molar-refractivity contribution in [3.63, 3.8) is 0 Å². The number of rotatable bonds is 7. The Bertz CT molecular complexity index is 1090. The topological polar surface area (TPSA) is 87.5 Å². The van der Waals surface area contributed by atoms with Crippen LogP contribution >= 0.6 is 0 Å². The number of aromatic hydroxyl groups is 1. The quantitative estimate of drug-likeness (QED) is 0.432. The third-order valence-corrected chi connectivity index (χ3v) is 5.45. The lowest BCUT2D eigenvalue weighted by molar-refractivity contribution is 0.390. The first-order chi connectivity index (χ1) is 14.7. The number of benzene rings is 2. The van der Waals surface area contributed by atoms with E-state index in [1.807, 2.05) is 55.5 Å². The van der Waals surface area contributed by atoms with Gasteiger partial charge in [-0.25, -0.2) is 4.68 Å².